The van der Waals surface area contributed by atoms with E-state index < -0.39 is 0 Å². The summed E-state index contributed by atoms with van der Waals surface area (Å²) in [6.07, 6.45) is 0. The molecule has 0 spiro atoms. The third-order valence-corrected chi connectivity index (χ3v) is 8.12. The summed E-state index contributed by atoms with van der Waals surface area (Å²) in [4.78, 5) is 14.7. The maximum absolute atomic E-state index is 4.98. The van der Waals surface area contributed by atoms with Gasteiger partial charge in [-0.2, -0.15) is 0 Å². The Labute approximate surface area is 221 Å². The Hall–Kier alpha value is -1.92. The molecule has 4 nitrogen and oxygen atoms in total. The van der Waals surface area contributed by atoms with Crippen LogP contribution in [0.4, 0.5) is 11.4 Å². The molecule has 2 aromatic rings. The average Bonchev–Trinajstić information content (AvgIpc) is 3.08. The van der Waals surface area contributed by atoms with E-state index >= 15 is 0 Å². The van der Waals surface area contributed by atoms with E-state index in [1.165, 1.54) is 22.5 Å². The lowest BCUT2D eigenvalue weighted by Crippen LogP contribution is -2.25. The maximum atomic E-state index is 4.98. The van der Waals surface area contributed by atoms with Gasteiger partial charge in [0.1, 0.15) is 10.6 Å². The minimum atomic E-state index is -0.278. The van der Waals surface area contributed by atoms with Gasteiger partial charge in [-0.25, -0.2) is 9.98 Å². The normalized spacial score (nSPS) is 14.9. The van der Waals surface area contributed by atoms with Gasteiger partial charge in [0, 0.05) is 50.1 Å². The molecule has 0 atom stereocenters. The van der Waals surface area contributed by atoms with Crippen LogP contribution in [0.3, 0.4) is 0 Å². The predicted molar refractivity (Wildman–Crippen MR) is 161 cm³/mol. The molecule has 0 fully saturated rings. The van der Waals surface area contributed by atoms with Crippen LogP contribution >= 0.6 is 23.5 Å². The first-order chi connectivity index (χ1) is 16.6. The van der Waals surface area contributed by atoms with Crippen LogP contribution < -0.4 is 9.80 Å². The molecule has 0 saturated carbocycles. The number of benzene rings is 2. The van der Waals surface area contributed by atoms with Crippen molar-refractivity contribution in [3.63, 3.8) is 0 Å². The fourth-order valence-electron chi connectivity index (χ4n) is 4.40. The minimum absolute atomic E-state index is 0.278. The molecule has 2 aromatic carbocycles. The molecule has 0 N–H and O–H groups in total. The zero-order valence-electron chi connectivity index (χ0n) is 22.7. The van der Waals surface area contributed by atoms with E-state index in [0.717, 1.165) is 34.8 Å². The summed E-state index contributed by atoms with van der Waals surface area (Å²) < 4.78 is 0. The molecule has 0 amide bonds. The van der Waals surface area contributed by atoms with Crippen molar-refractivity contribution in [2.45, 2.75) is 58.6 Å². The molecule has 0 aliphatic carbocycles. The highest BCUT2D eigenvalue weighted by Crippen LogP contribution is 2.35. The number of anilines is 2. The van der Waals surface area contributed by atoms with Crippen LogP contribution in [-0.4, -0.2) is 42.9 Å². The molecule has 0 saturated heterocycles. The summed E-state index contributed by atoms with van der Waals surface area (Å²) in [7, 11) is 4.37. The lowest BCUT2D eigenvalue weighted by molar-refractivity contribution is 0.637. The van der Waals surface area contributed by atoms with Crippen molar-refractivity contribution in [1.29, 1.82) is 0 Å². The Morgan fingerprint density at radius 1 is 0.743 bits per heavy atom. The van der Waals surface area contributed by atoms with Crippen molar-refractivity contribution in [2.75, 3.05) is 37.0 Å². The Morgan fingerprint density at radius 2 is 1.20 bits per heavy atom. The third kappa shape index (κ3) is 7.78. The van der Waals surface area contributed by atoms with Gasteiger partial charge in [0.25, 0.3) is 0 Å². The zero-order valence-corrected chi connectivity index (χ0v) is 24.3. The first-order valence-electron chi connectivity index (χ1n) is 12.6. The number of thioether (sulfide) groups is 2. The molecule has 190 valence electrons. The standard InChI is InChI=1S/C29H42N4S2/c1-21(2)17-32(7)25-15-11-9-13-23(25)19-34-27-29(5,6)31-28(30-27)35-20-24-14-10-12-16-26(24)33(8)18-22(3)4/h9-16,21-22H,17-20H2,1-8H3. The second-order valence-electron chi connectivity index (χ2n) is 10.8. The lowest BCUT2D eigenvalue weighted by atomic mass is 10.1. The van der Waals surface area contributed by atoms with Gasteiger partial charge in [-0.05, 0) is 48.9 Å². The van der Waals surface area contributed by atoms with E-state index in [2.05, 4.69) is 114 Å². The Kier molecular flexibility index (Phi) is 9.77. The predicted octanol–water partition coefficient (Wildman–Crippen LogP) is 7.58. The van der Waals surface area contributed by atoms with Crippen molar-refractivity contribution in [3.8, 4) is 0 Å². The first-order valence-corrected chi connectivity index (χ1v) is 14.6. The van der Waals surface area contributed by atoms with Gasteiger partial charge < -0.3 is 9.80 Å². The van der Waals surface area contributed by atoms with Crippen molar-refractivity contribution in [3.05, 3.63) is 59.7 Å². The number of para-hydroxylation sites is 2. The van der Waals surface area contributed by atoms with Crippen LogP contribution in [0, 0.1) is 11.8 Å². The van der Waals surface area contributed by atoms with Crippen molar-refractivity contribution in [2.24, 2.45) is 21.8 Å². The Balaban J connectivity index is 1.67. The van der Waals surface area contributed by atoms with Gasteiger partial charge in [-0.3, -0.25) is 0 Å². The SMILES string of the molecule is CC(C)CN(C)c1ccccc1CSC1=NC(C)(C)C(SCc2ccccc2N(C)CC(C)C)=N1. The number of amidine groups is 1. The van der Waals surface area contributed by atoms with Crippen LogP contribution in [0.15, 0.2) is 58.5 Å². The highest BCUT2D eigenvalue weighted by Gasteiger charge is 2.31. The lowest BCUT2D eigenvalue weighted by Gasteiger charge is -2.24. The van der Waals surface area contributed by atoms with Crippen molar-refractivity contribution in [1.82, 2.24) is 0 Å². The summed E-state index contributed by atoms with van der Waals surface area (Å²) in [6.45, 7) is 15.5. The van der Waals surface area contributed by atoms with Crippen molar-refractivity contribution >= 4 is 45.1 Å². The average molecular weight is 511 g/mol. The fourth-order valence-corrected chi connectivity index (χ4v) is 6.52. The molecule has 0 radical (unpaired) electrons. The van der Waals surface area contributed by atoms with Crippen LogP contribution in [0.5, 0.6) is 0 Å². The fraction of sp³-hybridized carbons (Fsp3) is 0.517. The van der Waals surface area contributed by atoms with Gasteiger partial charge in [0.05, 0.1) is 0 Å². The van der Waals surface area contributed by atoms with E-state index in [1.807, 2.05) is 11.8 Å². The molecule has 1 aliphatic rings. The molecule has 1 heterocycles. The van der Waals surface area contributed by atoms with Crippen LogP contribution in [0.1, 0.15) is 52.7 Å². The van der Waals surface area contributed by atoms with Gasteiger partial charge in [0.15, 0.2) is 5.17 Å². The number of aliphatic imine (C=N–C) groups is 2. The van der Waals surface area contributed by atoms with E-state index in [0.29, 0.717) is 11.8 Å². The van der Waals surface area contributed by atoms with Crippen LogP contribution in [-0.2, 0) is 11.5 Å². The summed E-state index contributed by atoms with van der Waals surface area (Å²) in [5, 5.41) is 2.00. The number of rotatable bonds is 10. The van der Waals surface area contributed by atoms with Crippen LogP contribution in [0.25, 0.3) is 0 Å². The molecular formula is C29H42N4S2. The molecule has 1 aliphatic heterocycles. The second-order valence-corrected chi connectivity index (χ2v) is 12.7. The van der Waals surface area contributed by atoms with E-state index in [1.54, 1.807) is 11.8 Å². The molecular weight excluding hydrogens is 468 g/mol. The summed E-state index contributed by atoms with van der Waals surface area (Å²) in [6, 6.07) is 17.4. The highest BCUT2D eigenvalue weighted by atomic mass is 32.2. The molecule has 3 rings (SSSR count). The Bertz CT molecular complexity index is 1040. The molecule has 0 aromatic heterocycles. The van der Waals surface area contributed by atoms with Gasteiger partial charge in [-0.1, -0.05) is 75.9 Å². The molecule has 35 heavy (non-hydrogen) atoms. The highest BCUT2D eigenvalue weighted by molar-refractivity contribution is 8.15. The van der Waals surface area contributed by atoms with Crippen LogP contribution in [0.2, 0.25) is 0 Å². The number of hydrogen-bond donors (Lipinski definition) is 0. The summed E-state index contributed by atoms with van der Waals surface area (Å²) in [5.74, 6) is 3.02. The molecule has 6 heteroatoms. The molecule has 0 bridgehead atoms. The second kappa shape index (κ2) is 12.4. The zero-order chi connectivity index (χ0) is 25.6. The first kappa shape index (κ1) is 27.7. The smallest absolute Gasteiger partial charge is 0.185 e. The molecule has 0 unspecified atom stereocenters. The van der Waals surface area contributed by atoms with Crippen molar-refractivity contribution < 1.29 is 0 Å². The van der Waals surface area contributed by atoms with Gasteiger partial charge in [-0.15, -0.1) is 11.8 Å². The van der Waals surface area contributed by atoms with E-state index in [4.69, 9.17) is 9.98 Å². The number of hydrogen-bond acceptors (Lipinski definition) is 6. The third-order valence-electron chi connectivity index (χ3n) is 5.90. The Morgan fingerprint density at radius 3 is 1.69 bits per heavy atom. The summed E-state index contributed by atoms with van der Waals surface area (Å²) in [5.41, 5.74) is 5.01. The summed E-state index contributed by atoms with van der Waals surface area (Å²) >= 11 is 3.57. The monoisotopic (exact) mass is 510 g/mol. The van der Waals surface area contributed by atoms with Gasteiger partial charge in [0.2, 0.25) is 0 Å². The minimum Gasteiger partial charge on any atom is -0.374 e. The van der Waals surface area contributed by atoms with E-state index in [9.17, 15) is 0 Å². The number of nitrogens with zero attached hydrogens (tertiary/aromatic N) is 4. The quantitative estimate of drug-likeness (QED) is 0.330. The largest absolute Gasteiger partial charge is 0.374 e. The maximum Gasteiger partial charge on any atom is 0.185 e. The topological polar surface area (TPSA) is 31.2 Å². The van der Waals surface area contributed by atoms with Gasteiger partial charge >= 0.3 is 0 Å². The van der Waals surface area contributed by atoms with E-state index in [-0.39, 0.29) is 5.54 Å².